The van der Waals surface area contributed by atoms with E-state index in [9.17, 15) is 48.6 Å². The highest BCUT2D eigenvalue weighted by Crippen LogP contribution is 2.66. The van der Waals surface area contributed by atoms with Crippen LogP contribution >= 0.6 is 23.5 Å². The minimum absolute atomic E-state index is 0.00384. The van der Waals surface area contributed by atoms with E-state index in [1.54, 1.807) is 13.0 Å². The van der Waals surface area contributed by atoms with Crippen LogP contribution in [0.1, 0.15) is 24.8 Å². The number of aromatic nitrogens is 2. The molecule has 1 aromatic heterocycles. The topological polar surface area (TPSA) is 300 Å². The maximum atomic E-state index is 12.6. The van der Waals surface area contributed by atoms with Gasteiger partial charge in [-0.25, -0.2) is 18.5 Å². The Morgan fingerprint density at radius 1 is 1.10 bits per heavy atom. The molecule has 0 amide bonds. The molecule has 20 nitrogen and oxygen atoms in total. The highest BCUT2D eigenvalue weighted by atomic mass is 31.3. The maximum absolute atomic E-state index is 12.6. The average molecular weight is 632 g/mol. The van der Waals surface area contributed by atoms with Gasteiger partial charge in [-0.05, 0) is 13.0 Å². The van der Waals surface area contributed by atoms with Gasteiger partial charge in [0.25, 0.3) is 5.69 Å². The number of nitro benzene ring substituents is 1. The van der Waals surface area contributed by atoms with E-state index in [0.29, 0.717) is 5.56 Å². The number of nitrogens with one attached hydrogen (secondary N) is 1. The Morgan fingerprint density at radius 3 is 2.35 bits per heavy atom. The van der Waals surface area contributed by atoms with E-state index in [4.69, 9.17) is 14.5 Å². The van der Waals surface area contributed by atoms with Crippen LogP contribution in [-0.2, 0) is 31.6 Å². The second kappa shape index (κ2) is 12.2. The molecule has 1 aliphatic heterocycles. The van der Waals surface area contributed by atoms with Gasteiger partial charge in [0.15, 0.2) is 6.23 Å². The quantitative estimate of drug-likeness (QED) is 0.0939. The molecule has 222 valence electrons. The fourth-order valence-corrected chi connectivity index (χ4v) is 6.60. The molecule has 0 radical (unpaired) electrons. The van der Waals surface area contributed by atoms with E-state index in [2.05, 4.69) is 23.4 Å². The minimum Gasteiger partial charge on any atom is -0.387 e. The number of rotatable bonds is 12. The smallest absolute Gasteiger partial charge is 0.387 e. The molecule has 23 heteroatoms. The summed E-state index contributed by atoms with van der Waals surface area (Å²) in [6.45, 7) is 0.519. The van der Waals surface area contributed by atoms with Gasteiger partial charge in [-0.15, -0.1) is 0 Å². The summed E-state index contributed by atoms with van der Waals surface area (Å²) in [5.41, 5.74) is -0.839. The van der Waals surface area contributed by atoms with Crippen LogP contribution in [0.3, 0.4) is 0 Å². The number of phosphoric ester groups is 1. The SMILES string of the molecule is C[C@H](Nc1ccn([C@@H]2O[C@H](COP(=O)(O)OP(=O)(O)OP(=O)(O)O)[C@H](O)C2O)c(=O)n1)c1ccccc1[N+](=O)[O-]. The summed E-state index contributed by atoms with van der Waals surface area (Å²) in [4.78, 5) is 62.9. The molecule has 1 saturated heterocycles. The zero-order valence-corrected chi connectivity index (χ0v) is 22.7. The van der Waals surface area contributed by atoms with E-state index in [-0.39, 0.29) is 11.5 Å². The fraction of sp³-hybridized carbons (Fsp3) is 0.412. The summed E-state index contributed by atoms with van der Waals surface area (Å²) in [5, 5.41) is 34.7. The van der Waals surface area contributed by atoms with Crippen LogP contribution in [0.5, 0.6) is 0 Å². The van der Waals surface area contributed by atoms with Crippen molar-refractivity contribution in [2.75, 3.05) is 11.9 Å². The van der Waals surface area contributed by atoms with Crippen molar-refractivity contribution in [3.8, 4) is 0 Å². The van der Waals surface area contributed by atoms with Crippen molar-refractivity contribution in [2.24, 2.45) is 0 Å². The molecule has 0 spiro atoms. The van der Waals surface area contributed by atoms with Crippen molar-refractivity contribution in [1.82, 2.24) is 9.55 Å². The molecule has 2 heterocycles. The number of aliphatic hydroxyl groups is 2. The zero-order valence-electron chi connectivity index (χ0n) is 20.0. The summed E-state index contributed by atoms with van der Waals surface area (Å²) in [6.07, 6.45) is -5.73. The Kier molecular flexibility index (Phi) is 9.81. The predicted octanol–water partition coefficient (Wildman–Crippen LogP) is 0.287. The first-order chi connectivity index (χ1) is 18.4. The third-order valence-corrected chi connectivity index (χ3v) is 9.03. The number of para-hydroxylation sites is 1. The van der Waals surface area contributed by atoms with Gasteiger partial charge in [0.1, 0.15) is 24.1 Å². The van der Waals surface area contributed by atoms with Crippen LogP contribution in [0.4, 0.5) is 11.5 Å². The number of phosphoric acid groups is 3. The summed E-state index contributed by atoms with van der Waals surface area (Å²) in [6, 6.07) is 6.53. The molecular formula is C17H23N4O16P3. The summed E-state index contributed by atoms with van der Waals surface area (Å²) in [7, 11) is -16.9. The molecule has 0 saturated carbocycles. The largest absolute Gasteiger partial charge is 0.490 e. The molecule has 1 aliphatic rings. The molecule has 1 fully saturated rings. The van der Waals surface area contributed by atoms with Crippen LogP contribution in [-0.4, -0.2) is 69.2 Å². The van der Waals surface area contributed by atoms with Crippen molar-refractivity contribution in [3.63, 3.8) is 0 Å². The van der Waals surface area contributed by atoms with E-state index in [1.807, 2.05) is 0 Å². The highest BCUT2D eigenvalue weighted by Gasteiger charge is 2.46. The van der Waals surface area contributed by atoms with Gasteiger partial charge in [0.2, 0.25) is 0 Å². The number of hydrogen-bond acceptors (Lipinski definition) is 14. The maximum Gasteiger partial charge on any atom is 0.490 e. The number of benzene rings is 1. The fourth-order valence-electron chi connectivity index (χ4n) is 3.57. The first-order valence-electron chi connectivity index (χ1n) is 10.8. The van der Waals surface area contributed by atoms with Crippen molar-refractivity contribution >= 4 is 35.0 Å². The van der Waals surface area contributed by atoms with Crippen LogP contribution < -0.4 is 11.0 Å². The Labute approximate surface area is 223 Å². The number of nitrogens with zero attached hydrogens (tertiary/aromatic N) is 3. The Bertz CT molecular complexity index is 1450. The van der Waals surface area contributed by atoms with E-state index < -0.39 is 71.3 Å². The van der Waals surface area contributed by atoms with Crippen molar-refractivity contribution in [1.29, 1.82) is 0 Å². The lowest BCUT2D eigenvalue weighted by molar-refractivity contribution is -0.385. The van der Waals surface area contributed by atoms with Crippen molar-refractivity contribution in [3.05, 3.63) is 62.7 Å². The summed E-state index contributed by atoms with van der Waals surface area (Å²) in [5.74, 6) is 0.00384. The first-order valence-corrected chi connectivity index (χ1v) is 15.3. The first kappa shape index (κ1) is 32.1. The predicted molar refractivity (Wildman–Crippen MR) is 129 cm³/mol. The molecule has 3 rings (SSSR count). The average Bonchev–Trinajstić information content (AvgIpc) is 3.09. The summed E-state index contributed by atoms with van der Waals surface area (Å²) < 4.78 is 51.6. The van der Waals surface area contributed by atoms with Gasteiger partial charge in [-0.2, -0.15) is 13.6 Å². The van der Waals surface area contributed by atoms with Gasteiger partial charge in [-0.1, -0.05) is 18.2 Å². The van der Waals surface area contributed by atoms with Gasteiger partial charge >= 0.3 is 29.2 Å². The number of aliphatic hydroxyl groups excluding tert-OH is 2. The second-order valence-corrected chi connectivity index (χ2v) is 12.5. The van der Waals surface area contributed by atoms with Crippen LogP contribution in [0, 0.1) is 10.1 Å². The van der Waals surface area contributed by atoms with Gasteiger partial charge in [0.05, 0.1) is 23.1 Å². The molecule has 0 bridgehead atoms. The van der Waals surface area contributed by atoms with Crippen LogP contribution in [0.2, 0.25) is 0 Å². The number of hydrogen-bond donors (Lipinski definition) is 7. The number of ether oxygens (including phenoxy) is 1. The molecular weight excluding hydrogens is 609 g/mol. The van der Waals surface area contributed by atoms with Crippen LogP contribution in [0.25, 0.3) is 0 Å². The van der Waals surface area contributed by atoms with E-state index in [1.165, 1.54) is 24.3 Å². The monoisotopic (exact) mass is 632 g/mol. The zero-order chi connectivity index (χ0) is 30.0. The Morgan fingerprint density at radius 2 is 1.75 bits per heavy atom. The van der Waals surface area contributed by atoms with Gasteiger partial charge < -0.3 is 39.8 Å². The molecule has 2 aromatic rings. The van der Waals surface area contributed by atoms with Crippen molar-refractivity contribution in [2.45, 2.75) is 37.5 Å². The lowest BCUT2D eigenvalue weighted by Gasteiger charge is -2.19. The molecule has 3 unspecified atom stereocenters. The van der Waals surface area contributed by atoms with E-state index in [0.717, 1.165) is 10.8 Å². The summed E-state index contributed by atoms with van der Waals surface area (Å²) >= 11 is 0. The Balaban J connectivity index is 1.68. The third kappa shape index (κ3) is 8.31. The molecule has 7 atom stereocenters. The van der Waals surface area contributed by atoms with Crippen LogP contribution in [0.15, 0.2) is 41.3 Å². The molecule has 40 heavy (non-hydrogen) atoms. The number of nitro groups is 1. The molecule has 0 aliphatic carbocycles. The third-order valence-electron chi connectivity index (χ3n) is 5.22. The Hall–Kier alpha value is -2.41. The lowest BCUT2D eigenvalue weighted by Crippen LogP contribution is -2.36. The van der Waals surface area contributed by atoms with Crippen molar-refractivity contribution < 1.29 is 66.3 Å². The van der Waals surface area contributed by atoms with E-state index >= 15 is 0 Å². The highest BCUT2D eigenvalue weighted by molar-refractivity contribution is 7.66. The number of anilines is 1. The minimum atomic E-state index is -5.78. The second-order valence-electron chi connectivity index (χ2n) is 8.12. The molecule has 7 N–H and O–H groups in total. The lowest BCUT2D eigenvalue weighted by atomic mass is 10.1. The standard InChI is InChI=1S/C17H23N4O16P3/c1-9(10-4-2-3-5-11(10)21(25)26)18-13-6-7-20(17(24)19-13)16-15(23)14(22)12(35-16)8-34-39(30,31)37-40(32,33)36-38(27,28)29/h2-7,9,12,14-16,22-23H,8H2,1H3,(H,30,31)(H,32,33)(H,18,19,24)(H2,27,28,29)/t9-,12+,14-,15?,16+/m0/s1. The van der Waals surface area contributed by atoms with Gasteiger partial charge in [-0.3, -0.25) is 19.2 Å². The molecule has 1 aromatic carbocycles. The van der Waals surface area contributed by atoms with Gasteiger partial charge in [0, 0.05) is 12.3 Å². The normalized spacial score (nSPS) is 25.1.